The fourth-order valence-corrected chi connectivity index (χ4v) is 2.38. The smallest absolute Gasteiger partial charge is 0.410 e. The number of primary amides is 1. The van der Waals surface area contributed by atoms with Crippen molar-refractivity contribution in [3.05, 3.63) is 11.3 Å². The molecule has 0 aromatic carbocycles. The number of hydrogen-bond acceptors (Lipinski definition) is 5. The fourth-order valence-electron chi connectivity index (χ4n) is 2.38. The van der Waals surface area contributed by atoms with Gasteiger partial charge in [0.05, 0.1) is 17.3 Å². The van der Waals surface area contributed by atoms with Crippen molar-refractivity contribution in [2.45, 2.75) is 45.8 Å². The van der Waals surface area contributed by atoms with Crippen LogP contribution in [0.3, 0.4) is 0 Å². The average molecular weight is 296 g/mol. The van der Waals surface area contributed by atoms with Crippen molar-refractivity contribution in [3.63, 3.8) is 0 Å². The first kappa shape index (κ1) is 15.1. The van der Waals surface area contributed by atoms with Crippen LogP contribution in [0.1, 0.15) is 45.0 Å². The number of hydrogen-bond donors (Lipinski definition) is 2. The van der Waals surface area contributed by atoms with E-state index < -0.39 is 23.8 Å². The third kappa shape index (κ3) is 2.79. The third-order valence-corrected chi connectivity index (χ3v) is 3.28. The van der Waals surface area contributed by atoms with Gasteiger partial charge in [-0.1, -0.05) is 0 Å². The SMILES string of the molecule is CC1c2c(nn(C(N)=O)c2O)CCN1C(=O)OC(C)(C)C. The number of aromatic hydroxyl groups is 1. The Hall–Kier alpha value is -2.25. The average Bonchev–Trinajstić information content (AvgIpc) is 2.65. The number of nitrogens with zero attached hydrogens (tertiary/aromatic N) is 3. The van der Waals surface area contributed by atoms with E-state index in [-0.39, 0.29) is 5.88 Å². The molecule has 1 aliphatic heterocycles. The number of fused-ring (bicyclic) bond motifs is 1. The second-order valence-electron chi connectivity index (χ2n) is 6.03. The summed E-state index contributed by atoms with van der Waals surface area (Å²) in [7, 11) is 0. The minimum Gasteiger partial charge on any atom is -0.493 e. The molecule has 2 amide bonds. The van der Waals surface area contributed by atoms with Crippen LogP contribution in [0.25, 0.3) is 0 Å². The molecule has 8 nitrogen and oxygen atoms in total. The Labute approximate surface area is 122 Å². The van der Waals surface area contributed by atoms with E-state index in [9.17, 15) is 14.7 Å². The Morgan fingerprint density at radius 1 is 1.43 bits per heavy atom. The summed E-state index contributed by atoms with van der Waals surface area (Å²) in [6.07, 6.45) is -0.0425. The van der Waals surface area contributed by atoms with E-state index in [1.807, 2.05) is 0 Å². The molecule has 0 saturated carbocycles. The second kappa shape index (κ2) is 4.94. The van der Waals surface area contributed by atoms with Gasteiger partial charge in [-0.05, 0) is 27.7 Å². The molecule has 1 aliphatic rings. The number of rotatable bonds is 0. The first-order chi connectivity index (χ1) is 9.61. The van der Waals surface area contributed by atoms with Gasteiger partial charge in [-0.2, -0.15) is 5.10 Å². The van der Waals surface area contributed by atoms with Gasteiger partial charge >= 0.3 is 12.1 Å². The van der Waals surface area contributed by atoms with E-state index in [0.29, 0.717) is 24.2 Å². The lowest BCUT2D eigenvalue weighted by molar-refractivity contribution is 0.0157. The number of amides is 2. The summed E-state index contributed by atoms with van der Waals surface area (Å²) in [5.41, 5.74) is 5.55. The van der Waals surface area contributed by atoms with E-state index >= 15 is 0 Å². The summed E-state index contributed by atoms with van der Waals surface area (Å²) in [5.74, 6) is -0.321. The Bertz CT molecular complexity index is 588. The largest absolute Gasteiger partial charge is 0.493 e. The molecule has 1 aromatic rings. The molecule has 0 fully saturated rings. The highest BCUT2D eigenvalue weighted by Crippen LogP contribution is 2.36. The summed E-state index contributed by atoms with van der Waals surface area (Å²) in [4.78, 5) is 24.9. The predicted molar refractivity (Wildman–Crippen MR) is 73.9 cm³/mol. The molecule has 2 heterocycles. The number of ether oxygens (including phenoxy) is 1. The van der Waals surface area contributed by atoms with Crippen LogP contribution in [-0.2, 0) is 11.2 Å². The second-order valence-corrected chi connectivity index (χ2v) is 6.03. The number of carbonyl (C=O) groups is 2. The van der Waals surface area contributed by atoms with Crippen molar-refractivity contribution in [1.29, 1.82) is 0 Å². The molecule has 0 aliphatic carbocycles. The monoisotopic (exact) mass is 296 g/mol. The van der Waals surface area contributed by atoms with Crippen molar-refractivity contribution < 1.29 is 19.4 Å². The van der Waals surface area contributed by atoms with Gasteiger partial charge in [0.25, 0.3) is 0 Å². The number of nitrogens with two attached hydrogens (primary N) is 1. The molecule has 2 rings (SSSR count). The highest BCUT2D eigenvalue weighted by atomic mass is 16.6. The Morgan fingerprint density at radius 2 is 2.05 bits per heavy atom. The number of carbonyl (C=O) groups excluding carboxylic acids is 2. The number of aromatic nitrogens is 2. The summed E-state index contributed by atoms with van der Waals surface area (Å²) in [6.45, 7) is 7.50. The minimum atomic E-state index is -0.863. The van der Waals surface area contributed by atoms with Crippen molar-refractivity contribution in [2.75, 3.05) is 6.54 Å². The molecular formula is C13H20N4O4. The Morgan fingerprint density at radius 3 is 2.57 bits per heavy atom. The first-order valence-electron chi connectivity index (χ1n) is 6.72. The Balaban J connectivity index is 2.30. The zero-order valence-electron chi connectivity index (χ0n) is 12.6. The van der Waals surface area contributed by atoms with Crippen LogP contribution < -0.4 is 5.73 Å². The lowest BCUT2D eigenvalue weighted by atomic mass is 10.0. The van der Waals surface area contributed by atoms with Crippen LogP contribution >= 0.6 is 0 Å². The molecule has 1 unspecified atom stereocenters. The van der Waals surface area contributed by atoms with E-state index in [2.05, 4.69) is 5.10 Å². The molecule has 0 saturated heterocycles. The van der Waals surface area contributed by atoms with Gasteiger partial charge in [0.2, 0.25) is 5.88 Å². The fraction of sp³-hybridized carbons (Fsp3) is 0.615. The van der Waals surface area contributed by atoms with Crippen LogP contribution in [0, 0.1) is 0 Å². The molecule has 3 N–H and O–H groups in total. The minimum absolute atomic E-state index is 0.321. The standard InChI is InChI=1S/C13H20N4O4/c1-7-9-8(15-17(10(9)18)11(14)19)5-6-16(7)12(20)21-13(2,3)4/h7,18H,5-6H2,1-4H3,(H2,14,19). The summed E-state index contributed by atoms with van der Waals surface area (Å²) in [5, 5.41) is 14.1. The zero-order valence-corrected chi connectivity index (χ0v) is 12.6. The maximum atomic E-state index is 12.2. The molecule has 116 valence electrons. The summed E-state index contributed by atoms with van der Waals surface area (Å²) >= 11 is 0. The first-order valence-corrected chi connectivity index (χ1v) is 6.72. The zero-order chi connectivity index (χ0) is 15.9. The van der Waals surface area contributed by atoms with Gasteiger partial charge in [0, 0.05) is 13.0 Å². The van der Waals surface area contributed by atoms with Gasteiger partial charge in [-0.15, -0.1) is 4.68 Å². The predicted octanol–water partition coefficient (Wildman–Crippen LogP) is 1.37. The van der Waals surface area contributed by atoms with E-state index in [0.717, 1.165) is 4.68 Å². The van der Waals surface area contributed by atoms with E-state index in [4.69, 9.17) is 10.5 Å². The van der Waals surface area contributed by atoms with E-state index in [1.165, 1.54) is 4.90 Å². The van der Waals surface area contributed by atoms with Gasteiger partial charge in [0.1, 0.15) is 5.60 Å². The molecule has 21 heavy (non-hydrogen) atoms. The van der Waals surface area contributed by atoms with Gasteiger partial charge in [-0.3, -0.25) is 0 Å². The van der Waals surface area contributed by atoms with Crippen LogP contribution in [0.4, 0.5) is 9.59 Å². The Kier molecular flexibility index (Phi) is 3.56. The topological polar surface area (TPSA) is 111 Å². The normalized spacial score (nSPS) is 18.3. The van der Waals surface area contributed by atoms with Gasteiger partial charge < -0.3 is 20.5 Å². The maximum absolute atomic E-state index is 12.2. The van der Waals surface area contributed by atoms with Crippen LogP contribution in [0.15, 0.2) is 0 Å². The van der Waals surface area contributed by atoms with Crippen molar-refractivity contribution >= 4 is 12.1 Å². The van der Waals surface area contributed by atoms with Crippen LogP contribution in [-0.4, -0.2) is 44.1 Å². The summed E-state index contributed by atoms with van der Waals surface area (Å²) < 4.78 is 6.09. The molecule has 0 bridgehead atoms. The van der Waals surface area contributed by atoms with Crippen molar-refractivity contribution in [3.8, 4) is 5.88 Å². The summed E-state index contributed by atoms with van der Waals surface area (Å²) in [6, 6.07) is -1.31. The lowest BCUT2D eigenvalue weighted by Gasteiger charge is -2.34. The molecule has 0 spiro atoms. The maximum Gasteiger partial charge on any atom is 0.410 e. The van der Waals surface area contributed by atoms with E-state index in [1.54, 1.807) is 27.7 Å². The molecule has 8 heteroatoms. The van der Waals surface area contributed by atoms with Gasteiger partial charge in [0.15, 0.2) is 0 Å². The van der Waals surface area contributed by atoms with Gasteiger partial charge in [-0.25, -0.2) is 9.59 Å². The third-order valence-electron chi connectivity index (χ3n) is 3.28. The molecule has 1 atom stereocenters. The molecular weight excluding hydrogens is 276 g/mol. The van der Waals surface area contributed by atoms with Crippen molar-refractivity contribution in [1.82, 2.24) is 14.7 Å². The highest BCUT2D eigenvalue weighted by Gasteiger charge is 2.36. The van der Waals surface area contributed by atoms with Crippen molar-refractivity contribution in [2.24, 2.45) is 5.73 Å². The van der Waals surface area contributed by atoms with Crippen LogP contribution in [0.5, 0.6) is 5.88 Å². The molecule has 0 radical (unpaired) electrons. The van der Waals surface area contributed by atoms with Crippen LogP contribution in [0.2, 0.25) is 0 Å². The molecule has 1 aromatic heterocycles. The lowest BCUT2D eigenvalue weighted by Crippen LogP contribution is -2.41. The quantitative estimate of drug-likeness (QED) is 0.751. The highest BCUT2D eigenvalue weighted by molar-refractivity contribution is 5.76.